The Kier molecular flexibility index (Phi) is 4.52. The van der Waals surface area contributed by atoms with Gasteiger partial charge in [-0.05, 0) is 60.7 Å². The highest BCUT2D eigenvalue weighted by atomic mass is 15.0. The first-order valence-electron chi connectivity index (χ1n) is 12.9. The molecule has 0 unspecified atom stereocenters. The van der Waals surface area contributed by atoms with E-state index in [1.165, 1.54) is 49.3 Å². The molecule has 8 rings (SSSR count). The van der Waals surface area contributed by atoms with Gasteiger partial charge >= 0.3 is 0 Å². The molecular formula is C35H23N3. The van der Waals surface area contributed by atoms with Crippen molar-refractivity contribution in [3.8, 4) is 22.6 Å². The van der Waals surface area contributed by atoms with E-state index in [-0.39, 0.29) is 0 Å². The molecule has 0 saturated heterocycles. The van der Waals surface area contributed by atoms with E-state index in [0.717, 1.165) is 16.9 Å². The second kappa shape index (κ2) is 8.19. The van der Waals surface area contributed by atoms with E-state index in [1.54, 1.807) is 0 Å². The molecule has 0 atom stereocenters. The molecule has 0 fully saturated rings. The van der Waals surface area contributed by atoms with Gasteiger partial charge in [0.25, 0.3) is 0 Å². The van der Waals surface area contributed by atoms with Crippen LogP contribution in [0.2, 0.25) is 0 Å². The first-order valence-corrected chi connectivity index (χ1v) is 12.9. The Morgan fingerprint density at radius 2 is 1.00 bits per heavy atom. The molecule has 3 heterocycles. The molecule has 5 aromatic carbocycles. The molecule has 3 aromatic heterocycles. The van der Waals surface area contributed by atoms with Crippen molar-refractivity contribution in [3.05, 3.63) is 140 Å². The molecule has 0 aliphatic carbocycles. The summed E-state index contributed by atoms with van der Waals surface area (Å²) in [5.41, 5.74) is 9.22. The van der Waals surface area contributed by atoms with Crippen LogP contribution in [0.1, 0.15) is 0 Å². The van der Waals surface area contributed by atoms with Gasteiger partial charge in [-0.25, -0.2) is 0 Å². The SMILES string of the molecule is c1ccc(-n2c3ccccc3c3c4c5ccccc5n(-c5cccc(-c6ccccn6)c5)c4ccc32)cc1. The molecule has 0 spiro atoms. The summed E-state index contributed by atoms with van der Waals surface area (Å²) in [4.78, 5) is 4.59. The van der Waals surface area contributed by atoms with Crippen LogP contribution in [0.4, 0.5) is 0 Å². The van der Waals surface area contributed by atoms with E-state index in [4.69, 9.17) is 0 Å². The number of benzene rings is 5. The van der Waals surface area contributed by atoms with E-state index >= 15 is 0 Å². The molecule has 0 N–H and O–H groups in total. The average molecular weight is 486 g/mol. The van der Waals surface area contributed by atoms with Crippen LogP contribution in [0.25, 0.3) is 66.2 Å². The third-order valence-electron chi connectivity index (χ3n) is 7.55. The second-order valence-electron chi connectivity index (χ2n) is 9.66. The highest BCUT2D eigenvalue weighted by Gasteiger charge is 2.20. The van der Waals surface area contributed by atoms with Gasteiger partial charge in [-0.2, -0.15) is 0 Å². The lowest BCUT2D eigenvalue weighted by atomic mass is 10.1. The molecule has 178 valence electrons. The van der Waals surface area contributed by atoms with Crippen molar-refractivity contribution in [1.82, 2.24) is 14.1 Å². The summed E-state index contributed by atoms with van der Waals surface area (Å²) in [6.07, 6.45) is 1.85. The Labute approximate surface area is 219 Å². The van der Waals surface area contributed by atoms with Gasteiger partial charge in [-0.1, -0.05) is 72.8 Å². The number of nitrogens with zero attached hydrogens (tertiary/aromatic N) is 3. The van der Waals surface area contributed by atoms with Gasteiger partial charge in [0.15, 0.2) is 0 Å². The van der Waals surface area contributed by atoms with Crippen LogP contribution in [0, 0.1) is 0 Å². The summed E-state index contributed by atoms with van der Waals surface area (Å²) in [5, 5.41) is 5.10. The zero-order valence-corrected chi connectivity index (χ0v) is 20.6. The highest BCUT2D eigenvalue weighted by molar-refractivity contribution is 6.28. The number of rotatable bonds is 3. The minimum atomic E-state index is 0.975. The Hall–Kier alpha value is -5.15. The molecule has 0 amide bonds. The van der Waals surface area contributed by atoms with Crippen LogP contribution in [-0.4, -0.2) is 14.1 Å². The summed E-state index contributed by atoms with van der Waals surface area (Å²) < 4.78 is 4.78. The molecule has 0 bridgehead atoms. The molecule has 0 aliphatic heterocycles. The summed E-state index contributed by atoms with van der Waals surface area (Å²) in [7, 11) is 0. The number of hydrogen-bond acceptors (Lipinski definition) is 1. The molecule has 0 aliphatic rings. The predicted molar refractivity (Wildman–Crippen MR) is 158 cm³/mol. The standard InChI is InChI=1S/C35H23N3/c1-2-12-25(13-3-1)37-30-18-6-4-15-27(30)34-32(37)20-21-33-35(34)28-16-5-7-19-31(28)38(33)26-14-10-11-24(23-26)29-17-8-9-22-36-29/h1-23H. The lowest BCUT2D eigenvalue weighted by Gasteiger charge is -2.10. The largest absolute Gasteiger partial charge is 0.309 e. The van der Waals surface area contributed by atoms with Gasteiger partial charge in [0.05, 0.1) is 27.8 Å². The fraction of sp³-hybridized carbons (Fsp3) is 0. The van der Waals surface area contributed by atoms with Crippen molar-refractivity contribution in [2.75, 3.05) is 0 Å². The molecular weight excluding hydrogens is 462 g/mol. The molecule has 0 saturated carbocycles. The van der Waals surface area contributed by atoms with E-state index in [1.807, 2.05) is 18.3 Å². The summed E-state index contributed by atoms with van der Waals surface area (Å²) in [6.45, 7) is 0. The zero-order valence-electron chi connectivity index (χ0n) is 20.6. The van der Waals surface area contributed by atoms with Crippen LogP contribution in [0.15, 0.2) is 140 Å². The average Bonchev–Trinajstić information content (AvgIpc) is 3.51. The van der Waals surface area contributed by atoms with E-state index in [0.29, 0.717) is 0 Å². The number of fused-ring (bicyclic) bond motifs is 7. The van der Waals surface area contributed by atoms with Gasteiger partial charge < -0.3 is 9.13 Å². The Morgan fingerprint density at radius 3 is 1.66 bits per heavy atom. The lowest BCUT2D eigenvalue weighted by molar-refractivity contribution is 1.17. The number of hydrogen-bond donors (Lipinski definition) is 0. The van der Waals surface area contributed by atoms with Crippen LogP contribution in [0.5, 0.6) is 0 Å². The van der Waals surface area contributed by atoms with Gasteiger partial charge in [-0.3, -0.25) is 4.98 Å². The molecule has 3 nitrogen and oxygen atoms in total. The topological polar surface area (TPSA) is 22.8 Å². The fourth-order valence-electron chi connectivity index (χ4n) is 5.99. The van der Waals surface area contributed by atoms with Gasteiger partial charge in [0, 0.05) is 44.7 Å². The first-order chi connectivity index (χ1) is 18.9. The van der Waals surface area contributed by atoms with Crippen molar-refractivity contribution in [2.24, 2.45) is 0 Å². The molecule has 38 heavy (non-hydrogen) atoms. The van der Waals surface area contributed by atoms with Crippen molar-refractivity contribution < 1.29 is 0 Å². The third-order valence-corrected chi connectivity index (χ3v) is 7.55. The Bertz CT molecular complexity index is 2120. The van der Waals surface area contributed by atoms with Crippen LogP contribution < -0.4 is 0 Å². The zero-order chi connectivity index (χ0) is 25.1. The predicted octanol–water partition coefficient (Wildman–Crippen LogP) is 8.94. The number of para-hydroxylation sites is 3. The summed E-state index contributed by atoms with van der Waals surface area (Å²) >= 11 is 0. The van der Waals surface area contributed by atoms with Crippen molar-refractivity contribution in [3.63, 3.8) is 0 Å². The van der Waals surface area contributed by atoms with Crippen LogP contribution in [-0.2, 0) is 0 Å². The number of pyridine rings is 1. The van der Waals surface area contributed by atoms with Crippen molar-refractivity contribution in [1.29, 1.82) is 0 Å². The highest BCUT2D eigenvalue weighted by Crippen LogP contribution is 2.42. The molecule has 8 aromatic rings. The minimum Gasteiger partial charge on any atom is -0.309 e. The lowest BCUT2D eigenvalue weighted by Crippen LogP contribution is -1.95. The van der Waals surface area contributed by atoms with Gasteiger partial charge in [0.2, 0.25) is 0 Å². The van der Waals surface area contributed by atoms with E-state index < -0.39 is 0 Å². The normalized spacial score (nSPS) is 11.7. The van der Waals surface area contributed by atoms with E-state index in [9.17, 15) is 0 Å². The van der Waals surface area contributed by atoms with Gasteiger partial charge in [-0.15, -0.1) is 0 Å². The number of aromatic nitrogens is 3. The fourth-order valence-corrected chi connectivity index (χ4v) is 5.99. The summed E-state index contributed by atoms with van der Waals surface area (Å²) in [5.74, 6) is 0. The second-order valence-corrected chi connectivity index (χ2v) is 9.66. The third kappa shape index (κ3) is 2.99. The summed E-state index contributed by atoms with van der Waals surface area (Å²) in [6, 6.07) is 47.5. The molecule has 3 heteroatoms. The maximum Gasteiger partial charge on any atom is 0.0702 e. The molecule has 0 radical (unpaired) electrons. The van der Waals surface area contributed by atoms with E-state index in [2.05, 4.69) is 135 Å². The Balaban J connectivity index is 1.51. The Morgan fingerprint density at radius 1 is 0.421 bits per heavy atom. The maximum atomic E-state index is 4.59. The quantitative estimate of drug-likeness (QED) is 0.245. The van der Waals surface area contributed by atoms with Gasteiger partial charge in [0.1, 0.15) is 0 Å². The monoisotopic (exact) mass is 485 g/mol. The first kappa shape index (κ1) is 21.0. The maximum absolute atomic E-state index is 4.59. The minimum absolute atomic E-state index is 0.975. The smallest absolute Gasteiger partial charge is 0.0702 e. The van der Waals surface area contributed by atoms with Crippen LogP contribution in [0.3, 0.4) is 0 Å². The van der Waals surface area contributed by atoms with Crippen LogP contribution >= 0.6 is 0 Å². The van der Waals surface area contributed by atoms with Crippen molar-refractivity contribution >= 4 is 43.6 Å². The van der Waals surface area contributed by atoms with Crippen molar-refractivity contribution in [2.45, 2.75) is 0 Å².